The van der Waals surface area contributed by atoms with E-state index in [1.807, 2.05) is 39.9 Å². The summed E-state index contributed by atoms with van der Waals surface area (Å²) in [6.07, 6.45) is 3.41. The largest absolute Gasteiger partial charge is 0.497 e. The predicted molar refractivity (Wildman–Crippen MR) is 134 cm³/mol. The number of carbonyl (C=O) groups excluding carboxylic acids is 1. The van der Waals surface area contributed by atoms with Gasteiger partial charge in [0.05, 0.1) is 32.5 Å². The number of nitrogens with zero attached hydrogens (tertiary/aromatic N) is 5. The number of hydrogen-bond acceptors (Lipinski definition) is 6. The number of amides is 1. The number of aromatic nitrogens is 3. The van der Waals surface area contributed by atoms with Crippen LogP contribution in [0.1, 0.15) is 21.5 Å². The van der Waals surface area contributed by atoms with Gasteiger partial charge in [-0.25, -0.2) is 9.67 Å². The zero-order valence-corrected chi connectivity index (χ0v) is 20.1. The van der Waals surface area contributed by atoms with Crippen molar-refractivity contribution in [3.05, 3.63) is 83.7 Å². The van der Waals surface area contributed by atoms with Gasteiger partial charge in [-0.15, -0.1) is 0 Å². The lowest BCUT2D eigenvalue weighted by Crippen LogP contribution is -2.48. The summed E-state index contributed by atoms with van der Waals surface area (Å²) in [5.41, 5.74) is 3.59. The smallest absolute Gasteiger partial charge is 0.255 e. The molecule has 1 aliphatic heterocycles. The van der Waals surface area contributed by atoms with Crippen LogP contribution >= 0.6 is 0 Å². The monoisotopic (exact) mass is 471 g/mol. The van der Waals surface area contributed by atoms with Gasteiger partial charge in [0.2, 0.25) is 0 Å². The van der Waals surface area contributed by atoms with Crippen molar-refractivity contribution in [3.8, 4) is 11.5 Å². The summed E-state index contributed by atoms with van der Waals surface area (Å²) in [4.78, 5) is 22.1. The van der Waals surface area contributed by atoms with Crippen molar-refractivity contribution >= 4 is 16.9 Å². The van der Waals surface area contributed by atoms with Crippen LogP contribution in [0.2, 0.25) is 0 Å². The second-order valence-electron chi connectivity index (χ2n) is 8.67. The molecule has 0 saturated carbocycles. The van der Waals surface area contributed by atoms with Crippen LogP contribution in [0.4, 0.5) is 0 Å². The lowest BCUT2D eigenvalue weighted by Gasteiger charge is -2.34. The fourth-order valence-electron chi connectivity index (χ4n) is 4.48. The summed E-state index contributed by atoms with van der Waals surface area (Å²) in [5, 5.41) is 5.35. The van der Waals surface area contributed by atoms with Crippen LogP contribution in [0.3, 0.4) is 0 Å². The number of hydrogen-bond donors (Lipinski definition) is 0. The van der Waals surface area contributed by atoms with Crippen molar-refractivity contribution in [1.29, 1.82) is 0 Å². The molecule has 1 aliphatic rings. The van der Waals surface area contributed by atoms with Gasteiger partial charge in [0.25, 0.3) is 5.91 Å². The first-order valence-electron chi connectivity index (χ1n) is 11.7. The molecule has 8 heteroatoms. The molecule has 2 aromatic carbocycles. The Bertz CT molecular complexity index is 1310. The third-order valence-corrected chi connectivity index (χ3v) is 6.45. The van der Waals surface area contributed by atoms with Crippen molar-refractivity contribution in [2.75, 3.05) is 40.4 Å². The number of carbonyl (C=O) groups is 1. The van der Waals surface area contributed by atoms with Crippen LogP contribution in [0.15, 0.2) is 67.0 Å². The van der Waals surface area contributed by atoms with Crippen molar-refractivity contribution in [1.82, 2.24) is 24.6 Å². The third-order valence-electron chi connectivity index (χ3n) is 6.45. The summed E-state index contributed by atoms with van der Waals surface area (Å²) in [7, 11) is 3.26. The summed E-state index contributed by atoms with van der Waals surface area (Å²) in [6, 6.07) is 18.0. The number of pyridine rings is 1. The second kappa shape index (κ2) is 10.1. The van der Waals surface area contributed by atoms with Crippen molar-refractivity contribution in [3.63, 3.8) is 0 Å². The lowest BCUT2D eigenvalue weighted by atomic mass is 10.1. The molecule has 180 valence electrons. The van der Waals surface area contributed by atoms with Gasteiger partial charge in [-0.2, -0.15) is 5.10 Å². The maximum absolute atomic E-state index is 13.2. The first kappa shape index (κ1) is 22.9. The lowest BCUT2D eigenvalue weighted by molar-refractivity contribution is 0.0628. The van der Waals surface area contributed by atoms with E-state index in [1.165, 1.54) is 5.56 Å². The average Bonchev–Trinajstić information content (AvgIpc) is 3.31. The van der Waals surface area contributed by atoms with E-state index in [9.17, 15) is 4.79 Å². The summed E-state index contributed by atoms with van der Waals surface area (Å²) in [5.74, 6) is 1.48. The van der Waals surface area contributed by atoms with Gasteiger partial charge in [0.1, 0.15) is 11.5 Å². The van der Waals surface area contributed by atoms with Gasteiger partial charge < -0.3 is 14.4 Å². The second-order valence-corrected chi connectivity index (χ2v) is 8.67. The quantitative estimate of drug-likeness (QED) is 0.411. The Morgan fingerprint density at radius 2 is 1.71 bits per heavy atom. The molecular formula is C27H29N5O3. The average molecular weight is 472 g/mol. The molecule has 0 bridgehead atoms. The van der Waals surface area contributed by atoms with Crippen LogP contribution in [0.25, 0.3) is 11.0 Å². The maximum atomic E-state index is 13.2. The highest BCUT2D eigenvalue weighted by atomic mass is 16.5. The van der Waals surface area contributed by atoms with Gasteiger partial charge in [-0.3, -0.25) is 9.69 Å². The van der Waals surface area contributed by atoms with Gasteiger partial charge in [0.15, 0.2) is 5.65 Å². The van der Waals surface area contributed by atoms with E-state index in [0.717, 1.165) is 47.7 Å². The Morgan fingerprint density at radius 1 is 0.914 bits per heavy atom. The molecule has 1 amide bonds. The Morgan fingerprint density at radius 3 is 2.46 bits per heavy atom. The van der Waals surface area contributed by atoms with E-state index in [0.29, 0.717) is 25.2 Å². The molecule has 0 spiro atoms. The molecule has 4 aromatic rings. The molecule has 5 rings (SSSR count). The molecule has 1 saturated heterocycles. The number of benzene rings is 2. The SMILES string of the molecule is COc1ccc(Cn2ncc3cc(C(=O)N4CCN(Cc5ccccc5)CC4)cnc32)c(OC)c1. The highest BCUT2D eigenvalue weighted by Crippen LogP contribution is 2.26. The summed E-state index contributed by atoms with van der Waals surface area (Å²) >= 11 is 0. The van der Waals surface area contributed by atoms with E-state index in [2.05, 4.69) is 39.2 Å². The van der Waals surface area contributed by atoms with Gasteiger partial charge in [-0.05, 0) is 23.8 Å². The van der Waals surface area contributed by atoms with E-state index < -0.39 is 0 Å². The molecule has 0 unspecified atom stereocenters. The first-order chi connectivity index (χ1) is 17.1. The van der Waals surface area contributed by atoms with Gasteiger partial charge in [-0.1, -0.05) is 30.3 Å². The third kappa shape index (κ3) is 4.97. The predicted octanol–water partition coefficient (Wildman–Crippen LogP) is 3.45. The zero-order valence-electron chi connectivity index (χ0n) is 20.1. The Kier molecular flexibility index (Phi) is 6.63. The number of fused-ring (bicyclic) bond motifs is 1. The molecule has 8 nitrogen and oxygen atoms in total. The molecule has 35 heavy (non-hydrogen) atoms. The Balaban J connectivity index is 1.26. The van der Waals surface area contributed by atoms with E-state index >= 15 is 0 Å². The van der Waals surface area contributed by atoms with E-state index in [-0.39, 0.29) is 5.91 Å². The van der Waals surface area contributed by atoms with Crippen molar-refractivity contribution in [2.45, 2.75) is 13.1 Å². The normalized spacial score (nSPS) is 14.3. The van der Waals surface area contributed by atoms with E-state index in [1.54, 1.807) is 26.6 Å². The zero-order chi connectivity index (χ0) is 24.2. The molecule has 2 aromatic heterocycles. The topological polar surface area (TPSA) is 72.7 Å². The highest BCUT2D eigenvalue weighted by molar-refractivity contribution is 5.96. The number of piperazine rings is 1. The fourth-order valence-corrected chi connectivity index (χ4v) is 4.48. The minimum absolute atomic E-state index is 0.0170. The first-order valence-corrected chi connectivity index (χ1v) is 11.7. The fraction of sp³-hybridized carbons (Fsp3) is 0.296. The number of ether oxygens (including phenoxy) is 2. The molecular weight excluding hydrogens is 442 g/mol. The Hall–Kier alpha value is -3.91. The van der Waals surface area contributed by atoms with Gasteiger partial charge >= 0.3 is 0 Å². The van der Waals surface area contributed by atoms with Crippen LogP contribution in [-0.4, -0.2) is 70.9 Å². The molecule has 0 N–H and O–H groups in total. The summed E-state index contributed by atoms with van der Waals surface area (Å²) in [6.45, 7) is 4.55. The standard InChI is InChI=1S/C27H29N5O3/c1-34-24-9-8-21(25(15-24)35-2)19-32-26-22(17-29-32)14-23(16-28-26)27(33)31-12-10-30(11-13-31)18-20-6-4-3-5-7-20/h3-9,14-17H,10-13,18-19H2,1-2H3. The van der Waals surface area contributed by atoms with E-state index in [4.69, 9.17) is 9.47 Å². The minimum atomic E-state index is 0.0170. The Labute approximate surface area is 204 Å². The molecule has 0 atom stereocenters. The van der Waals surface area contributed by atoms with Crippen molar-refractivity contribution in [2.24, 2.45) is 0 Å². The van der Waals surface area contributed by atoms with Gasteiger partial charge in [0, 0.05) is 55.9 Å². The summed E-state index contributed by atoms with van der Waals surface area (Å²) < 4.78 is 12.6. The molecule has 0 radical (unpaired) electrons. The maximum Gasteiger partial charge on any atom is 0.255 e. The molecule has 3 heterocycles. The minimum Gasteiger partial charge on any atom is -0.497 e. The number of rotatable bonds is 7. The molecule has 0 aliphatic carbocycles. The van der Waals surface area contributed by atoms with Crippen LogP contribution < -0.4 is 9.47 Å². The van der Waals surface area contributed by atoms with Crippen LogP contribution in [0, 0.1) is 0 Å². The van der Waals surface area contributed by atoms with Crippen LogP contribution in [-0.2, 0) is 13.1 Å². The number of methoxy groups -OCH3 is 2. The highest BCUT2D eigenvalue weighted by Gasteiger charge is 2.23. The van der Waals surface area contributed by atoms with Crippen molar-refractivity contribution < 1.29 is 14.3 Å². The van der Waals surface area contributed by atoms with Crippen LogP contribution in [0.5, 0.6) is 11.5 Å². The molecule has 1 fully saturated rings.